The molecule has 2 rings (SSSR count). The van der Waals surface area contributed by atoms with Crippen LogP contribution in [0.2, 0.25) is 0 Å². The molecule has 2 N–H and O–H groups in total. The lowest BCUT2D eigenvalue weighted by molar-refractivity contribution is 0.591. The Morgan fingerprint density at radius 1 is 1.47 bits per heavy atom. The maximum Gasteiger partial charge on any atom is 0.145 e. The molecule has 0 aliphatic heterocycles. The quantitative estimate of drug-likeness (QED) is 0.866. The predicted molar refractivity (Wildman–Crippen MR) is 60.3 cm³/mol. The molecule has 1 aromatic carbocycles. The van der Waals surface area contributed by atoms with Gasteiger partial charge in [-0.25, -0.2) is 9.37 Å². The lowest BCUT2D eigenvalue weighted by Gasteiger charge is -2.08. The maximum atomic E-state index is 13.8. The molecule has 0 saturated heterocycles. The Hall–Kier alpha value is -2.19. The molecule has 0 unspecified atom stereocenters. The van der Waals surface area contributed by atoms with E-state index in [1.807, 2.05) is 6.07 Å². The summed E-state index contributed by atoms with van der Waals surface area (Å²) >= 11 is 0. The van der Waals surface area contributed by atoms with Crippen molar-refractivity contribution >= 4 is 0 Å². The van der Waals surface area contributed by atoms with Crippen molar-refractivity contribution in [2.45, 2.75) is 13.1 Å². The Labute approximate surface area is 98.1 Å². The summed E-state index contributed by atoms with van der Waals surface area (Å²) in [6.45, 7) is 0.625. The molecule has 0 bridgehead atoms. The normalized spacial score (nSPS) is 10.2. The molecule has 0 spiro atoms. The zero-order chi connectivity index (χ0) is 12.3. The summed E-state index contributed by atoms with van der Waals surface area (Å²) in [5.74, 6) is 0.207. The average molecular weight is 230 g/mol. The van der Waals surface area contributed by atoms with Crippen molar-refractivity contribution in [2.24, 2.45) is 5.73 Å². The number of imidazole rings is 1. The zero-order valence-electron chi connectivity index (χ0n) is 9.10. The summed E-state index contributed by atoms with van der Waals surface area (Å²) in [6.07, 6.45) is 3.36. The van der Waals surface area contributed by atoms with E-state index in [0.29, 0.717) is 24.5 Å². The van der Waals surface area contributed by atoms with E-state index < -0.39 is 5.82 Å². The van der Waals surface area contributed by atoms with Crippen LogP contribution in [-0.2, 0) is 13.1 Å². The average Bonchev–Trinajstić information content (AvgIpc) is 2.79. The van der Waals surface area contributed by atoms with E-state index in [2.05, 4.69) is 4.98 Å². The van der Waals surface area contributed by atoms with Crippen LogP contribution >= 0.6 is 0 Å². The first kappa shape index (κ1) is 11.3. The lowest BCUT2D eigenvalue weighted by atomic mass is 10.1. The van der Waals surface area contributed by atoms with Gasteiger partial charge in [0.25, 0.3) is 0 Å². The summed E-state index contributed by atoms with van der Waals surface area (Å²) in [5.41, 5.74) is 6.02. The molecule has 0 aliphatic carbocycles. The molecule has 0 aliphatic rings. The number of nitrogens with two attached hydrogens (primary N) is 1. The fraction of sp³-hybridized carbons (Fsp3) is 0.167. The van der Waals surface area contributed by atoms with Crippen molar-refractivity contribution in [3.63, 3.8) is 0 Å². The molecule has 0 atom stereocenters. The van der Waals surface area contributed by atoms with E-state index in [-0.39, 0.29) is 5.56 Å². The molecule has 0 fully saturated rings. The monoisotopic (exact) mass is 230 g/mol. The number of nitrogens with zero attached hydrogens (tertiary/aromatic N) is 3. The summed E-state index contributed by atoms with van der Waals surface area (Å²) in [5, 5.41) is 8.74. The molecular weight excluding hydrogens is 219 g/mol. The summed E-state index contributed by atoms with van der Waals surface area (Å²) in [7, 11) is 0. The topological polar surface area (TPSA) is 67.6 Å². The Morgan fingerprint density at radius 2 is 2.29 bits per heavy atom. The number of benzene rings is 1. The number of aromatic nitrogens is 2. The van der Waals surface area contributed by atoms with E-state index in [1.54, 1.807) is 29.1 Å². The number of nitriles is 1. The van der Waals surface area contributed by atoms with Crippen molar-refractivity contribution in [2.75, 3.05) is 0 Å². The molecule has 86 valence electrons. The molecule has 0 saturated carbocycles. The van der Waals surface area contributed by atoms with Gasteiger partial charge in [0.1, 0.15) is 17.7 Å². The van der Waals surface area contributed by atoms with Gasteiger partial charge in [-0.3, -0.25) is 0 Å². The Kier molecular flexibility index (Phi) is 3.17. The largest absolute Gasteiger partial charge is 0.329 e. The number of hydrogen-bond donors (Lipinski definition) is 1. The first-order valence-corrected chi connectivity index (χ1v) is 5.14. The Balaban J connectivity index is 2.34. The van der Waals surface area contributed by atoms with Crippen LogP contribution in [0.4, 0.5) is 4.39 Å². The molecule has 0 radical (unpaired) electrons. The number of rotatable bonds is 3. The van der Waals surface area contributed by atoms with Gasteiger partial charge in [-0.15, -0.1) is 0 Å². The Morgan fingerprint density at radius 3 is 3.00 bits per heavy atom. The van der Waals surface area contributed by atoms with Crippen LogP contribution in [0.5, 0.6) is 0 Å². The van der Waals surface area contributed by atoms with Crippen molar-refractivity contribution < 1.29 is 4.39 Å². The highest BCUT2D eigenvalue weighted by atomic mass is 19.1. The molecule has 2 aromatic rings. The van der Waals surface area contributed by atoms with E-state index in [0.717, 1.165) is 0 Å². The Bertz CT molecular complexity index is 568. The predicted octanol–water partition coefficient (Wildman–Crippen LogP) is 1.40. The molecular formula is C12H11FN4. The van der Waals surface area contributed by atoms with Gasteiger partial charge in [-0.1, -0.05) is 12.1 Å². The van der Waals surface area contributed by atoms with Gasteiger partial charge < -0.3 is 10.3 Å². The molecule has 5 heteroatoms. The van der Waals surface area contributed by atoms with Crippen LogP contribution in [0.15, 0.2) is 30.6 Å². The van der Waals surface area contributed by atoms with E-state index in [9.17, 15) is 4.39 Å². The third-order valence-electron chi connectivity index (χ3n) is 2.52. The second-order valence-electron chi connectivity index (χ2n) is 3.57. The highest BCUT2D eigenvalue weighted by Gasteiger charge is 2.09. The highest BCUT2D eigenvalue weighted by Crippen LogP contribution is 2.14. The van der Waals surface area contributed by atoms with Gasteiger partial charge in [0, 0.05) is 18.0 Å². The zero-order valence-corrected chi connectivity index (χ0v) is 9.10. The van der Waals surface area contributed by atoms with Gasteiger partial charge >= 0.3 is 0 Å². The van der Waals surface area contributed by atoms with Crippen LogP contribution < -0.4 is 5.73 Å². The summed E-state index contributed by atoms with van der Waals surface area (Å²) < 4.78 is 15.6. The van der Waals surface area contributed by atoms with E-state index in [4.69, 9.17) is 11.0 Å². The highest BCUT2D eigenvalue weighted by molar-refractivity contribution is 5.35. The van der Waals surface area contributed by atoms with Crippen molar-refractivity contribution in [3.8, 4) is 6.07 Å². The fourth-order valence-corrected chi connectivity index (χ4v) is 1.65. The van der Waals surface area contributed by atoms with Crippen LogP contribution in [0.1, 0.15) is 17.0 Å². The lowest BCUT2D eigenvalue weighted by Crippen LogP contribution is -2.10. The number of hydrogen-bond acceptors (Lipinski definition) is 3. The smallest absolute Gasteiger partial charge is 0.145 e. The summed E-state index contributed by atoms with van der Waals surface area (Å²) in [4.78, 5) is 4.05. The van der Waals surface area contributed by atoms with E-state index in [1.165, 1.54) is 6.07 Å². The van der Waals surface area contributed by atoms with E-state index >= 15 is 0 Å². The number of halogens is 1. The second-order valence-corrected chi connectivity index (χ2v) is 3.57. The first-order chi connectivity index (χ1) is 8.26. The van der Waals surface area contributed by atoms with Crippen molar-refractivity contribution in [1.29, 1.82) is 5.26 Å². The molecule has 0 amide bonds. The van der Waals surface area contributed by atoms with Gasteiger partial charge in [-0.05, 0) is 6.07 Å². The van der Waals surface area contributed by atoms with Crippen LogP contribution in [0.3, 0.4) is 0 Å². The van der Waals surface area contributed by atoms with Crippen molar-refractivity contribution in [1.82, 2.24) is 9.55 Å². The van der Waals surface area contributed by atoms with Gasteiger partial charge in [0.15, 0.2) is 0 Å². The third-order valence-corrected chi connectivity index (χ3v) is 2.52. The molecule has 4 nitrogen and oxygen atoms in total. The maximum absolute atomic E-state index is 13.8. The van der Waals surface area contributed by atoms with Crippen LogP contribution in [0, 0.1) is 17.1 Å². The first-order valence-electron chi connectivity index (χ1n) is 5.14. The fourth-order valence-electron chi connectivity index (χ4n) is 1.65. The van der Waals surface area contributed by atoms with Gasteiger partial charge in [0.2, 0.25) is 0 Å². The van der Waals surface area contributed by atoms with Crippen LogP contribution in [-0.4, -0.2) is 9.55 Å². The van der Waals surface area contributed by atoms with Crippen LogP contribution in [0.25, 0.3) is 0 Å². The minimum atomic E-state index is -0.480. The van der Waals surface area contributed by atoms with Crippen molar-refractivity contribution in [3.05, 3.63) is 53.4 Å². The molecule has 1 heterocycles. The molecule has 1 aromatic heterocycles. The minimum Gasteiger partial charge on any atom is -0.329 e. The minimum absolute atomic E-state index is 0.0527. The molecule has 17 heavy (non-hydrogen) atoms. The summed E-state index contributed by atoms with van der Waals surface area (Å²) in [6, 6.07) is 6.59. The SMILES string of the molecule is N#Cc1cccc(Cn2ccnc2CN)c1F. The third kappa shape index (κ3) is 2.17. The van der Waals surface area contributed by atoms with Gasteiger partial charge in [0.05, 0.1) is 18.7 Å². The van der Waals surface area contributed by atoms with Gasteiger partial charge in [-0.2, -0.15) is 5.26 Å². The second kappa shape index (κ2) is 4.76. The standard InChI is InChI=1S/C12H11FN4/c13-12-9(6-14)2-1-3-10(12)8-17-5-4-16-11(17)7-15/h1-5H,7-8,15H2.